The molecule has 0 saturated heterocycles. The predicted octanol–water partition coefficient (Wildman–Crippen LogP) is 2.65. The number of nitrogens with zero attached hydrogens (tertiary/aromatic N) is 1. The molecule has 0 aliphatic rings. The van der Waals surface area contributed by atoms with Crippen LogP contribution in [0.4, 0.5) is 0 Å². The van der Waals surface area contributed by atoms with E-state index in [9.17, 15) is 0 Å². The van der Waals surface area contributed by atoms with Gasteiger partial charge < -0.3 is 5.73 Å². The highest BCUT2D eigenvalue weighted by atomic mass is 14.6. The molecular formula is C11H18N2. The van der Waals surface area contributed by atoms with Crippen LogP contribution in [-0.4, -0.2) is 6.21 Å². The first-order valence-electron chi connectivity index (χ1n) is 4.45. The average Bonchev–Trinajstić information content (AvgIpc) is 2.10. The van der Waals surface area contributed by atoms with Crippen molar-refractivity contribution in [2.45, 2.75) is 20.8 Å². The molecule has 2 N–H and O–H groups in total. The molecule has 0 aromatic heterocycles. The zero-order chi connectivity index (χ0) is 10.1. The summed E-state index contributed by atoms with van der Waals surface area (Å²) in [6.07, 6.45) is 10.8. The van der Waals surface area contributed by atoms with Gasteiger partial charge in [-0.3, -0.25) is 4.99 Å². The molecule has 72 valence electrons. The quantitative estimate of drug-likeness (QED) is 0.521. The summed E-state index contributed by atoms with van der Waals surface area (Å²) in [7, 11) is 0. The largest absolute Gasteiger partial charge is 0.405 e. The predicted molar refractivity (Wildman–Crippen MR) is 59.6 cm³/mol. The van der Waals surface area contributed by atoms with Gasteiger partial charge in [0.2, 0.25) is 0 Å². The maximum absolute atomic E-state index is 5.32. The summed E-state index contributed by atoms with van der Waals surface area (Å²) in [6.45, 7) is 6.18. The number of allylic oxidation sites excluding steroid dienone is 4. The highest BCUT2D eigenvalue weighted by molar-refractivity contribution is 5.73. The van der Waals surface area contributed by atoms with Gasteiger partial charge in [-0.25, -0.2) is 0 Å². The maximum Gasteiger partial charge on any atom is 0.0270 e. The van der Waals surface area contributed by atoms with Gasteiger partial charge in [-0.1, -0.05) is 19.9 Å². The van der Waals surface area contributed by atoms with E-state index in [2.05, 4.69) is 18.8 Å². The van der Waals surface area contributed by atoms with Gasteiger partial charge in [0.05, 0.1) is 0 Å². The summed E-state index contributed by atoms with van der Waals surface area (Å²) in [4.78, 5) is 4.04. The van der Waals surface area contributed by atoms with Gasteiger partial charge >= 0.3 is 0 Å². The number of aliphatic imine (C=N–C) groups is 1. The molecule has 0 aromatic rings. The van der Waals surface area contributed by atoms with Crippen molar-refractivity contribution in [1.82, 2.24) is 0 Å². The van der Waals surface area contributed by atoms with Crippen LogP contribution < -0.4 is 5.73 Å². The fourth-order valence-electron chi connectivity index (χ4n) is 0.816. The average molecular weight is 178 g/mol. The van der Waals surface area contributed by atoms with E-state index in [-0.39, 0.29) is 0 Å². The second-order valence-corrected chi connectivity index (χ2v) is 2.96. The molecule has 0 rings (SSSR count). The molecule has 13 heavy (non-hydrogen) atoms. The lowest BCUT2D eigenvalue weighted by atomic mass is 10.0. The Morgan fingerprint density at radius 3 is 2.54 bits per heavy atom. The van der Waals surface area contributed by atoms with E-state index in [0.29, 0.717) is 5.92 Å². The highest BCUT2D eigenvalue weighted by Gasteiger charge is 1.95. The molecule has 0 bridgehead atoms. The Hall–Kier alpha value is -1.31. The summed E-state index contributed by atoms with van der Waals surface area (Å²) in [5.41, 5.74) is 6.49. The molecule has 0 saturated carbocycles. The summed E-state index contributed by atoms with van der Waals surface area (Å²) in [6, 6.07) is 0. The first-order valence-corrected chi connectivity index (χ1v) is 4.45. The van der Waals surface area contributed by atoms with Crippen LogP contribution in [-0.2, 0) is 0 Å². The van der Waals surface area contributed by atoms with Crippen molar-refractivity contribution in [1.29, 1.82) is 0 Å². The van der Waals surface area contributed by atoms with Crippen molar-refractivity contribution in [3.05, 3.63) is 36.2 Å². The van der Waals surface area contributed by atoms with Crippen LogP contribution in [0.15, 0.2) is 41.2 Å². The van der Waals surface area contributed by atoms with Gasteiger partial charge in [0.15, 0.2) is 0 Å². The normalized spacial score (nSPS) is 14.3. The van der Waals surface area contributed by atoms with Crippen LogP contribution in [0.2, 0.25) is 0 Å². The van der Waals surface area contributed by atoms with E-state index in [1.807, 2.05) is 25.2 Å². The monoisotopic (exact) mass is 178 g/mol. The highest BCUT2D eigenvalue weighted by Crippen LogP contribution is 2.09. The summed E-state index contributed by atoms with van der Waals surface area (Å²) < 4.78 is 0. The van der Waals surface area contributed by atoms with Crippen LogP contribution in [0.5, 0.6) is 0 Å². The SMILES string of the molecule is C\C=C/N=C\C=C(/C=C/N)C(C)C. The van der Waals surface area contributed by atoms with Crippen molar-refractivity contribution < 1.29 is 0 Å². The van der Waals surface area contributed by atoms with Gasteiger partial charge in [-0.15, -0.1) is 0 Å². The van der Waals surface area contributed by atoms with Crippen molar-refractivity contribution in [2.24, 2.45) is 16.6 Å². The maximum atomic E-state index is 5.32. The van der Waals surface area contributed by atoms with E-state index >= 15 is 0 Å². The lowest BCUT2D eigenvalue weighted by molar-refractivity contribution is 0.792. The molecule has 0 aliphatic heterocycles. The molecule has 0 aromatic carbocycles. The van der Waals surface area contributed by atoms with E-state index in [4.69, 9.17) is 5.73 Å². The topological polar surface area (TPSA) is 38.4 Å². The lowest BCUT2D eigenvalue weighted by Crippen LogP contribution is -1.92. The second-order valence-electron chi connectivity index (χ2n) is 2.96. The molecular weight excluding hydrogens is 160 g/mol. The molecule has 0 radical (unpaired) electrons. The molecule has 0 spiro atoms. The number of rotatable bonds is 4. The van der Waals surface area contributed by atoms with Gasteiger partial charge in [0.25, 0.3) is 0 Å². The van der Waals surface area contributed by atoms with E-state index < -0.39 is 0 Å². The molecule has 0 heterocycles. The smallest absolute Gasteiger partial charge is 0.0270 e. The van der Waals surface area contributed by atoms with Gasteiger partial charge in [-0.2, -0.15) is 0 Å². The molecule has 0 aliphatic carbocycles. The fourth-order valence-corrected chi connectivity index (χ4v) is 0.816. The summed E-state index contributed by atoms with van der Waals surface area (Å²) >= 11 is 0. The Kier molecular flexibility index (Phi) is 6.60. The first kappa shape index (κ1) is 11.7. The Balaban J connectivity index is 4.36. The molecule has 0 unspecified atom stereocenters. The third-order valence-corrected chi connectivity index (χ3v) is 1.54. The minimum atomic E-state index is 0.469. The Labute approximate surface area is 80.6 Å². The molecule has 0 amide bonds. The Morgan fingerprint density at radius 1 is 1.38 bits per heavy atom. The number of hydrogen-bond acceptors (Lipinski definition) is 2. The lowest BCUT2D eigenvalue weighted by Gasteiger charge is -2.03. The third kappa shape index (κ3) is 5.91. The van der Waals surface area contributed by atoms with Crippen LogP contribution in [0.25, 0.3) is 0 Å². The van der Waals surface area contributed by atoms with Crippen LogP contribution >= 0.6 is 0 Å². The zero-order valence-corrected chi connectivity index (χ0v) is 8.57. The molecule has 0 atom stereocenters. The Morgan fingerprint density at radius 2 is 2.08 bits per heavy atom. The fraction of sp³-hybridized carbons (Fsp3) is 0.364. The van der Waals surface area contributed by atoms with E-state index in [0.717, 1.165) is 0 Å². The number of nitrogens with two attached hydrogens (primary N) is 1. The Bertz CT molecular complexity index is 232. The van der Waals surface area contributed by atoms with Crippen molar-refractivity contribution >= 4 is 6.21 Å². The second kappa shape index (κ2) is 7.35. The van der Waals surface area contributed by atoms with Gasteiger partial charge in [0.1, 0.15) is 0 Å². The third-order valence-electron chi connectivity index (χ3n) is 1.54. The van der Waals surface area contributed by atoms with Crippen LogP contribution in [0.3, 0.4) is 0 Å². The zero-order valence-electron chi connectivity index (χ0n) is 8.57. The van der Waals surface area contributed by atoms with Crippen molar-refractivity contribution in [3.8, 4) is 0 Å². The van der Waals surface area contributed by atoms with Gasteiger partial charge in [0, 0.05) is 12.4 Å². The van der Waals surface area contributed by atoms with Crippen molar-refractivity contribution in [2.75, 3.05) is 0 Å². The molecule has 2 nitrogen and oxygen atoms in total. The molecule has 0 fully saturated rings. The first-order chi connectivity index (χ1) is 6.22. The summed E-state index contributed by atoms with van der Waals surface area (Å²) in [5.74, 6) is 0.469. The van der Waals surface area contributed by atoms with Crippen LogP contribution in [0.1, 0.15) is 20.8 Å². The van der Waals surface area contributed by atoms with E-state index in [1.54, 1.807) is 18.6 Å². The standard InChI is InChI=1S/C11H18N2/c1-4-8-13-9-6-11(5-7-12)10(2)3/h4-10H,12H2,1-3H3/b7-5+,8-4-,11-6+,13-9-. The number of hydrogen-bond donors (Lipinski definition) is 1. The van der Waals surface area contributed by atoms with Gasteiger partial charge in [-0.05, 0) is 36.8 Å². The van der Waals surface area contributed by atoms with Crippen LogP contribution in [0, 0.1) is 5.92 Å². The minimum absolute atomic E-state index is 0.469. The molecule has 2 heteroatoms. The van der Waals surface area contributed by atoms with Crippen molar-refractivity contribution in [3.63, 3.8) is 0 Å². The van der Waals surface area contributed by atoms with E-state index in [1.165, 1.54) is 5.57 Å². The minimum Gasteiger partial charge on any atom is -0.405 e. The summed E-state index contributed by atoms with van der Waals surface area (Å²) in [5, 5.41) is 0.